The van der Waals surface area contributed by atoms with Crippen molar-refractivity contribution in [2.45, 2.75) is 26.3 Å². The van der Waals surface area contributed by atoms with E-state index in [-0.39, 0.29) is 31.4 Å². The summed E-state index contributed by atoms with van der Waals surface area (Å²) in [6.45, 7) is 1.81. The quantitative estimate of drug-likeness (QED) is 0.546. The average Bonchev–Trinajstić information content (AvgIpc) is 2.95. The largest absolute Gasteiger partial charge is 0.481 e. The molecule has 2 heterocycles. The molecule has 26 heavy (non-hydrogen) atoms. The van der Waals surface area contributed by atoms with Crippen LogP contribution in [-0.2, 0) is 20.9 Å². The highest BCUT2D eigenvalue weighted by atomic mass is 16.6. The number of hydrogen-bond acceptors (Lipinski definition) is 6. The summed E-state index contributed by atoms with van der Waals surface area (Å²) < 4.78 is 1.35. The van der Waals surface area contributed by atoms with E-state index in [0.29, 0.717) is 25.2 Å². The van der Waals surface area contributed by atoms with E-state index < -0.39 is 22.7 Å². The fourth-order valence-corrected chi connectivity index (χ4v) is 2.80. The number of nitrogens with zero attached hydrogens (tertiary/aromatic N) is 5. The maximum atomic E-state index is 12.3. The number of rotatable bonds is 6. The second-order valence-electron chi connectivity index (χ2n) is 6.30. The third-order valence-corrected chi connectivity index (χ3v) is 4.38. The maximum absolute atomic E-state index is 12.3. The van der Waals surface area contributed by atoms with Gasteiger partial charge in [0.2, 0.25) is 17.6 Å². The Kier molecular flexibility index (Phi) is 5.90. The Hall–Kier alpha value is -2.98. The highest BCUT2D eigenvalue weighted by Crippen LogP contribution is 2.17. The van der Waals surface area contributed by atoms with Crippen molar-refractivity contribution in [1.29, 1.82) is 0 Å². The van der Waals surface area contributed by atoms with Crippen LogP contribution < -0.4 is 0 Å². The van der Waals surface area contributed by atoms with Gasteiger partial charge in [0.1, 0.15) is 12.7 Å². The monoisotopic (exact) mass is 367 g/mol. The van der Waals surface area contributed by atoms with Crippen LogP contribution in [-0.4, -0.2) is 73.8 Å². The zero-order valence-electron chi connectivity index (χ0n) is 14.6. The lowest BCUT2D eigenvalue weighted by Gasteiger charge is -2.32. The number of imidazole rings is 1. The number of amides is 2. The number of aromatic nitrogens is 2. The van der Waals surface area contributed by atoms with Crippen LogP contribution in [0.4, 0.5) is 5.82 Å². The van der Waals surface area contributed by atoms with Gasteiger partial charge in [0.15, 0.2) is 0 Å². The molecule has 0 bridgehead atoms. The molecule has 2 amide bonds. The summed E-state index contributed by atoms with van der Waals surface area (Å²) >= 11 is 0. The summed E-state index contributed by atoms with van der Waals surface area (Å²) in [5, 5.41) is 19.8. The predicted octanol–water partition coefficient (Wildman–Crippen LogP) is -0.119. The Labute approximate surface area is 149 Å². The molecule has 11 heteroatoms. The third-order valence-electron chi connectivity index (χ3n) is 4.38. The van der Waals surface area contributed by atoms with Gasteiger partial charge in [-0.3, -0.25) is 19.0 Å². The first-order valence-corrected chi connectivity index (χ1v) is 8.11. The molecule has 1 saturated heterocycles. The maximum Gasteiger partial charge on any atom is 0.381 e. The van der Waals surface area contributed by atoms with Crippen LogP contribution in [0.3, 0.4) is 0 Å². The van der Waals surface area contributed by atoms with E-state index in [2.05, 4.69) is 4.98 Å². The van der Waals surface area contributed by atoms with Crippen LogP contribution in [0.5, 0.6) is 0 Å². The van der Waals surface area contributed by atoms with Crippen molar-refractivity contribution in [1.82, 2.24) is 19.4 Å². The van der Waals surface area contributed by atoms with Crippen LogP contribution in [0.2, 0.25) is 0 Å². The summed E-state index contributed by atoms with van der Waals surface area (Å²) in [6, 6.07) is 0. The molecular weight excluding hydrogens is 346 g/mol. The van der Waals surface area contributed by atoms with Crippen molar-refractivity contribution in [3.63, 3.8) is 0 Å². The Morgan fingerprint density at radius 3 is 2.73 bits per heavy atom. The van der Waals surface area contributed by atoms with Crippen molar-refractivity contribution in [2.75, 3.05) is 26.7 Å². The number of carboxylic acid groups (broad SMARTS) is 1. The number of likely N-dealkylation sites (N-methyl/N-ethyl adjacent to an activating group) is 1. The smallest absolute Gasteiger partial charge is 0.381 e. The Bertz CT molecular complexity index is 730. The zero-order valence-corrected chi connectivity index (χ0v) is 14.6. The first-order valence-electron chi connectivity index (χ1n) is 8.11. The van der Waals surface area contributed by atoms with Crippen LogP contribution in [0.15, 0.2) is 6.20 Å². The van der Waals surface area contributed by atoms with Crippen LogP contribution in [0.25, 0.3) is 0 Å². The van der Waals surface area contributed by atoms with E-state index in [1.807, 2.05) is 0 Å². The molecule has 0 aromatic carbocycles. The average molecular weight is 367 g/mol. The lowest BCUT2D eigenvalue weighted by molar-refractivity contribution is -0.389. The van der Waals surface area contributed by atoms with E-state index in [0.717, 1.165) is 0 Å². The Balaban J connectivity index is 1.93. The second kappa shape index (κ2) is 7.93. The molecule has 1 aliphatic heterocycles. The minimum absolute atomic E-state index is 0.142. The van der Waals surface area contributed by atoms with E-state index in [1.165, 1.54) is 27.6 Å². The van der Waals surface area contributed by atoms with Gasteiger partial charge >= 0.3 is 11.8 Å². The van der Waals surface area contributed by atoms with Gasteiger partial charge in [-0.05, 0) is 22.7 Å². The number of carbonyl (C=O) groups excluding carboxylic acids is 2. The summed E-state index contributed by atoms with van der Waals surface area (Å²) in [7, 11) is 1.46. The van der Waals surface area contributed by atoms with E-state index in [9.17, 15) is 24.5 Å². The minimum Gasteiger partial charge on any atom is -0.481 e. The number of hydrogen-bond donors (Lipinski definition) is 1. The summed E-state index contributed by atoms with van der Waals surface area (Å²) in [6.07, 6.45) is 2.32. The van der Waals surface area contributed by atoms with Crippen molar-refractivity contribution >= 4 is 23.6 Å². The summed E-state index contributed by atoms with van der Waals surface area (Å²) in [5.41, 5.74) is 0. The SMILES string of the molecule is Cc1nc([N+](=O)[O-])cn1CC(=O)N(C)CC(=O)N1CCCC(C(=O)O)C1. The molecular formula is C15H21N5O6. The van der Waals surface area contributed by atoms with Crippen LogP contribution in [0, 0.1) is 23.0 Å². The molecule has 1 aliphatic rings. The van der Waals surface area contributed by atoms with Gasteiger partial charge in [0.25, 0.3) is 0 Å². The first-order chi connectivity index (χ1) is 12.2. The summed E-state index contributed by atoms with van der Waals surface area (Å²) in [5.74, 6) is -2.25. The zero-order chi connectivity index (χ0) is 19.4. The van der Waals surface area contributed by atoms with Crippen LogP contribution >= 0.6 is 0 Å². The molecule has 0 radical (unpaired) electrons. The molecule has 1 atom stereocenters. The molecule has 2 rings (SSSR count). The highest BCUT2D eigenvalue weighted by Gasteiger charge is 2.29. The lowest BCUT2D eigenvalue weighted by Crippen LogP contribution is -2.47. The highest BCUT2D eigenvalue weighted by molar-refractivity contribution is 5.85. The van der Waals surface area contributed by atoms with Gasteiger partial charge in [0, 0.05) is 27.1 Å². The van der Waals surface area contributed by atoms with Crippen molar-refractivity contribution in [2.24, 2.45) is 5.92 Å². The number of carboxylic acids is 1. The number of aliphatic carboxylic acids is 1. The predicted molar refractivity (Wildman–Crippen MR) is 88.2 cm³/mol. The van der Waals surface area contributed by atoms with Crippen molar-refractivity contribution in [3.05, 3.63) is 22.1 Å². The van der Waals surface area contributed by atoms with E-state index in [1.54, 1.807) is 6.92 Å². The fourth-order valence-electron chi connectivity index (χ4n) is 2.80. The number of aryl methyl sites for hydroxylation is 1. The molecule has 1 unspecified atom stereocenters. The van der Waals surface area contributed by atoms with Crippen molar-refractivity contribution < 1.29 is 24.4 Å². The number of carbonyl (C=O) groups is 3. The molecule has 11 nitrogen and oxygen atoms in total. The molecule has 1 aromatic rings. The van der Waals surface area contributed by atoms with E-state index >= 15 is 0 Å². The van der Waals surface area contributed by atoms with Gasteiger partial charge in [-0.2, -0.15) is 0 Å². The topological polar surface area (TPSA) is 139 Å². The molecule has 1 aromatic heterocycles. The third kappa shape index (κ3) is 4.55. The van der Waals surface area contributed by atoms with Gasteiger partial charge in [-0.1, -0.05) is 0 Å². The molecule has 0 saturated carbocycles. The van der Waals surface area contributed by atoms with Gasteiger partial charge in [-0.15, -0.1) is 0 Å². The summed E-state index contributed by atoms with van der Waals surface area (Å²) in [4.78, 5) is 52.2. The molecule has 0 spiro atoms. The van der Waals surface area contributed by atoms with Crippen molar-refractivity contribution in [3.8, 4) is 0 Å². The second-order valence-corrected chi connectivity index (χ2v) is 6.30. The first kappa shape index (κ1) is 19.3. The normalized spacial score (nSPS) is 17.0. The number of nitro groups is 1. The van der Waals surface area contributed by atoms with Crippen LogP contribution in [0.1, 0.15) is 18.7 Å². The molecule has 0 aliphatic carbocycles. The molecule has 1 N–H and O–H groups in total. The molecule has 1 fully saturated rings. The van der Waals surface area contributed by atoms with Gasteiger partial charge in [-0.25, -0.2) is 0 Å². The minimum atomic E-state index is -0.927. The van der Waals surface area contributed by atoms with Gasteiger partial charge in [0.05, 0.1) is 12.5 Å². The lowest BCUT2D eigenvalue weighted by atomic mass is 9.98. The Morgan fingerprint density at radius 1 is 1.46 bits per heavy atom. The van der Waals surface area contributed by atoms with E-state index in [4.69, 9.17) is 5.11 Å². The number of likely N-dealkylation sites (tertiary alicyclic amines) is 1. The molecule has 142 valence electrons. The Morgan fingerprint density at radius 2 is 2.15 bits per heavy atom. The number of piperidine rings is 1. The fraction of sp³-hybridized carbons (Fsp3) is 0.600. The standard InChI is InChI=1S/C15H21N5O6/c1-10-16-12(20(25)26)7-19(10)9-13(21)17(2)8-14(22)18-5-3-4-11(6-18)15(23)24/h7,11H,3-6,8-9H2,1-2H3,(H,23,24). The van der Waals surface area contributed by atoms with Gasteiger partial charge < -0.3 is 25.0 Å².